The highest BCUT2D eigenvalue weighted by Gasteiger charge is 2.13. The van der Waals surface area contributed by atoms with Crippen molar-refractivity contribution in [3.63, 3.8) is 0 Å². The van der Waals surface area contributed by atoms with Crippen LogP contribution in [0.2, 0.25) is 0 Å². The number of carbonyl (C=O) groups excluding carboxylic acids is 1. The number of aryl methyl sites for hydroxylation is 2. The summed E-state index contributed by atoms with van der Waals surface area (Å²) in [5, 5.41) is 10.2. The summed E-state index contributed by atoms with van der Waals surface area (Å²) in [6.07, 6.45) is 0. The molecule has 0 radical (unpaired) electrons. The van der Waals surface area contributed by atoms with Crippen LogP contribution in [0.5, 0.6) is 0 Å². The maximum Gasteiger partial charge on any atom is 0.338 e. The van der Waals surface area contributed by atoms with Crippen LogP contribution in [-0.2, 0) is 18.8 Å². The molecule has 1 N–H and O–H groups in total. The first-order chi connectivity index (χ1) is 14.8. The molecule has 0 bridgehead atoms. The smallest absolute Gasteiger partial charge is 0.338 e. The maximum absolute atomic E-state index is 11.6. The Hall–Kier alpha value is -4.20. The standard InChI is InChI=1S/C12H11NO3.C11H9NO3.3CH4/c1-13-10-6-4-3-5-8(10)9(7-11(13)14)12(15)16-2;1-12-9-5-3-2-4-7(9)8(11(14)15)6-10(12)13;;;/h3-7H,1-2H3;2-6H,1H3,(H,14,15);3*1H4. The van der Waals surface area contributed by atoms with Crippen LogP contribution >= 0.6 is 0 Å². The molecule has 8 heteroatoms. The minimum atomic E-state index is -1.08. The Morgan fingerprint density at radius 2 is 1.12 bits per heavy atom. The van der Waals surface area contributed by atoms with Gasteiger partial charge in [-0.3, -0.25) is 9.59 Å². The second-order valence-electron chi connectivity index (χ2n) is 6.74. The van der Waals surface area contributed by atoms with Gasteiger partial charge >= 0.3 is 11.9 Å². The number of aromatic carboxylic acids is 1. The number of pyridine rings is 2. The summed E-state index contributed by atoms with van der Waals surface area (Å²) < 4.78 is 7.59. The van der Waals surface area contributed by atoms with E-state index in [1.807, 2.05) is 12.1 Å². The van der Waals surface area contributed by atoms with E-state index in [1.165, 1.54) is 22.3 Å². The van der Waals surface area contributed by atoms with Crippen LogP contribution in [0.3, 0.4) is 0 Å². The SMILES string of the molecule is C.C.C.COC(=O)c1cc(=O)n(C)c2ccccc12.Cn1c(=O)cc(C(=O)O)c2ccccc21. The van der Waals surface area contributed by atoms with Gasteiger partial charge in [0.2, 0.25) is 0 Å². The molecule has 0 amide bonds. The summed E-state index contributed by atoms with van der Waals surface area (Å²) in [4.78, 5) is 45.5. The number of methoxy groups -OCH3 is 1. The zero-order chi connectivity index (χ0) is 22.7. The molecule has 2 aromatic carbocycles. The predicted octanol–water partition coefficient (Wildman–Crippen LogP) is 4.47. The lowest BCUT2D eigenvalue weighted by atomic mass is 10.1. The van der Waals surface area contributed by atoms with Crippen LogP contribution in [0.1, 0.15) is 43.0 Å². The highest BCUT2D eigenvalue weighted by molar-refractivity contribution is 6.03. The first-order valence-electron chi connectivity index (χ1n) is 9.25. The van der Waals surface area contributed by atoms with Crippen molar-refractivity contribution in [2.45, 2.75) is 22.3 Å². The molecule has 2 aromatic heterocycles. The number of nitrogens with zero attached hydrogens (tertiary/aromatic N) is 2. The summed E-state index contributed by atoms with van der Waals surface area (Å²) in [5.41, 5.74) is 1.16. The van der Waals surface area contributed by atoms with Gasteiger partial charge in [0.05, 0.1) is 29.3 Å². The fourth-order valence-electron chi connectivity index (χ4n) is 3.28. The molecule has 0 aliphatic carbocycles. The number of carbonyl (C=O) groups is 2. The van der Waals surface area contributed by atoms with Crippen molar-refractivity contribution < 1.29 is 19.4 Å². The third-order valence-corrected chi connectivity index (χ3v) is 4.94. The van der Waals surface area contributed by atoms with Crippen molar-refractivity contribution in [3.8, 4) is 0 Å². The number of rotatable bonds is 2. The van der Waals surface area contributed by atoms with Gasteiger partial charge in [-0.1, -0.05) is 58.7 Å². The Labute approximate surface area is 198 Å². The number of para-hydroxylation sites is 2. The zero-order valence-electron chi connectivity index (χ0n) is 17.2. The first kappa shape index (κ1) is 29.8. The van der Waals surface area contributed by atoms with Gasteiger partial charge in [0.1, 0.15) is 0 Å². The number of esters is 1. The topological polar surface area (TPSA) is 108 Å². The normalized spacial score (nSPS) is 9.50. The monoisotopic (exact) mass is 468 g/mol. The number of fused-ring (bicyclic) bond motifs is 2. The lowest BCUT2D eigenvalue weighted by Crippen LogP contribution is -2.19. The fraction of sp³-hybridized carbons (Fsp3) is 0.231. The number of carboxylic acid groups (broad SMARTS) is 1. The molecule has 4 rings (SSSR count). The zero-order valence-corrected chi connectivity index (χ0v) is 17.2. The second kappa shape index (κ2) is 12.2. The summed E-state index contributed by atoms with van der Waals surface area (Å²) >= 11 is 0. The van der Waals surface area contributed by atoms with Crippen molar-refractivity contribution in [2.75, 3.05) is 7.11 Å². The van der Waals surface area contributed by atoms with Crippen molar-refractivity contribution in [2.24, 2.45) is 14.1 Å². The van der Waals surface area contributed by atoms with Gasteiger partial charge in [-0.15, -0.1) is 0 Å². The number of benzene rings is 2. The Balaban J connectivity index is 0.000000590. The molecule has 0 aliphatic heterocycles. The lowest BCUT2D eigenvalue weighted by molar-refractivity contribution is 0.0601. The molecule has 0 atom stereocenters. The second-order valence-corrected chi connectivity index (χ2v) is 6.74. The molecule has 182 valence electrons. The van der Waals surface area contributed by atoms with Crippen LogP contribution in [-0.4, -0.2) is 33.3 Å². The van der Waals surface area contributed by atoms with Gasteiger partial charge in [0.25, 0.3) is 11.1 Å². The van der Waals surface area contributed by atoms with Gasteiger partial charge in [-0.2, -0.15) is 0 Å². The molecule has 0 saturated heterocycles. The van der Waals surface area contributed by atoms with E-state index < -0.39 is 11.9 Å². The van der Waals surface area contributed by atoms with Crippen molar-refractivity contribution in [1.82, 2.24) is 9.13 Å². The average molecular weight is 469 g/mol. The first-order valence-corrected chi connectivity index (χ1v) is 9.25. The maximum atomic E-state index is 11.6. The number of hydrogen-bond donors (Lipinski definition) is 1. The molecule has 34 heavy (non-hydrogen) atoms. The largest absolute Gasteiger partial charge is 0.478 e. The van der Waals surface area contributed by atoms with Crippen LogP contribution in [0.25, 0.3) is 21.8 Å². The van der Waals surface area contributed by atoms with Gasteiger partial charge in [0, 0.05) is 37.0 Å². The highest BCUT2D eigenvalue weighted by atomic mass is 16.5. The Kier molecular flexibility index (Phi) is 10.6. The van der Waals surface area contributed by atoms with Gasteiger partial charge in [-0.05, 0) is 12.1 Å². The number of carboxylic acids is 1. The Morgan fingerprint density at radius 3 is 1.53 bits per heavy atom. The molecule has 2 heterocycles. The summed E-state index contributed by atoms with van der Waals surface area (Å²) in [6, 6.07) is 16.6. The number of hydrogen-bond acceptors (Lipinski definition) is 5. The summed E-state index contributed by atoms with van der Waals surface area (Å²) in [7, 11) is 4.59. The van der Waals surface area contributed by atoms with Crippen LogP contribution < -0.4 is 11.1 Å². The summed E-state index contributed by atoms with van der Waals surface area (Å²) in [5.74, 6) is -1.57. The Morgan fingerprint density at radius 1 is 0.735 bits per heavy atom. The fourth-order valence-corrected chi connectivity index (χ4v) is 3.28. The van der Waals surface area contributed by atoms with E-state index in [9.17, 15) is 19.2 Å². The molecule has 0 aliphatic rings. The summed E-state index contributed by atoms with van der Waals surface area (Å²) in [6.45, 7) is 0. The molecule has 0 fully saturated rings. The minimum Gasteiger partial charge on any atom is -0.478 e. The molecule has 0 spiro atoms. The third-order valence-electron chi connectivity index (χ3n) is 4.94. The molecule has 8 nitrogen and oxygen atoms in total. The highest BCUT2D eigenvalue weighted by Crippen LogP contribution is 2.17. The third kappa shape index (κ3) is 5.58. The average Bonchev–Trinajstić information content (AvgIpc) is 2.78. The predicted molar refractivity (Wildman–Crippen MR) is 137 cm³/mol. The van der Waals surface area contributed by atoms with Crippen molar-refractivity contribution >= 4 is 33.7 Å². The van der Waals surface area contributed by atoms with E-state index in [2.05, 4.69) is 4.74 Å². The molecule has 0 saturated carbocycles. The van der Waals surface area contributed by atoms with Crippen LogP contribution in [0, 0.1) is 0 Å². The molecule has 0 unspecified atom stereocenters. The van der Waals surface area contributed by atoms with Crippen LogP contribution in [0.15, 0.2) is 70.3 Å². The molecule has 4 aromatic rings. The molecular formula is C26H32N2O6. The van der Waals surface area contributed by atoms with Crippen molar-refractivity contribution in [1.29, 1.82) is 0 Å². The van der Waals surface area contributed by atoms with E-state index in [1.54, 1.807) is 50.5 Å². The van der Waals surface area contributed by atoms with Gasteiger partial charge in [-0.25, -0.2) is 9.59 Å². The quantitative estimate of drug-likeness (QED) is 0.435. The van der Waals surface area contributed by atoms with E-state index >= 15 is 0 Å². The van der Waals surface area contributed by atoms with Crippen molar-refractivity contribution in [3.05, 3.63) is 92.5 Å². The lowest BCUT2D eigenvalue weighted by Gasteiger charge is -2.08. The van der Waals surface area contributed by atoms with Gasteiger partial charge < -0.3 is 19.0 Å². The van der Waals surface area contributed by atoms with E-state index in [-0.39, 0.29) is 39.0 Å². The Bertz CT molecular complexity index is 1430. The van der Waals surface area contributed by atoms with E-state index in [4.69, 9.17) is 5.11 Å². The van der Waals surface area contributed by atoms with E-state index in [0.29, 0.717) is 16.5 Å². The number of ether oxygens (including phenoxy) is 1. The molecular weight excluding hydrogens is 436 g/mol. The van der Waals surface area contributed by atoms with Gasteiger partial charge in [0.15, 0.2) is 0 Å². The minimum absolute atomic E-state index is 0. The van der Waals surface area contributed by atoms with Crippen LogP contribution in [0.4, 0.5) is 0 Å². The number of aromatic nitrogens is 2. The van der Waals surface area contributed by atoms with E-state index in [0.717, 1.165) is 17.0 Å².